The Morgan fingerprint density at radius 1 is 0.889 bits per heavy atom. The van der Waals surface area contributed by atoms with Crippen molar-refractivity contribution in [3.05, 3.63) is 0 Å². The number of hydrogen-bond donors (Lipinski definition) is 2. The molecule has 0 aromatic carbocycles. The van der Waals surface area contributed by atoms with Crippen LogP contribution in [0.2, 0.25) is 0 Å². The number of thioether (sulfide) groups is 1. The molecule has 1 rings (SSSR count). The Kier molecular flexibility index (Phi) is 14.0. The van der Waals surface area contributed by atoms with Gasteiger partial charge in [0, 0.05) is 53.3 Å². The number of carbonyl (C=O) groups excluding carboxylic acids is 6. The minimum atomic E-state index is -1.20. The topological polar surface area (TPSA) is 173 Å². The van der Waals surface area contributed by atoms with Crippen LogP contribution in [0.25, 0.3) is 0 Å². The lowest BCUT2D eigenvalue weighted by Gasteiger charge is -2.44. The highest BCUT2D eigenvalue weighted by molar-refractivity contribution is 8.13. The van der Waals surface area contributed by atoms with E-state index in [4.69, 9.17) is 23.7 Å². The quantitative estimate of drug-likeness (QED) is 0.182. The van der Waals surface area contributed by atoms with Gasteiger partial charge >= 0.3 is 17.9 Å². The second kappa shape index (κ2) is 16.1. The summed E-state index contributed by atoms with van der Waals surface area (Å²) in [5, 5.41) is 5.24. The number of nitrogens with one attached hydrogen (secondary N) is 2. The molecule has 0 unspecified atom stereocenters. The van der Waals surface area contributed by atoms with Crippen LogP contribution in [0.15, 0.2) is 0 Å². The summed E-state index contributed by atoms with van der Waals surface area (Å²) in [6.45, 7) is 6.19. The monoisotopic (exact) mass is 534 g/mol. The lowest BCUT2D eigenvalue weighted by Crippen LogP contribution is -2.66. The number of rotatable bonds is 13. The van der Waals surface area contributed by atoms with Crippen LogP contribution in [0.5, 0.6) is 0 Å². The molecule has 1 fully saturated rings. The number of esters is 3. The number of ether oxygens (including phenoxy) is 5. The van der Waals surface area contributed by atoms with E-state index in [1.165, 1.54) is 20.8 Å². The molecule has 5 atom stereocenters. The first kappa shape index (κ1) is 31.3. The van der Waals surface area contributed by atoms with Crippen LogP contribution in [-0.2, 0) is 52.5 Å². The molecule has 0 spiro atoms. The Bertz CT molecular complexity index is 807. The third-order valence-corrected chi connectivity index (χ3v) is 5.45. The highest BCUT2D eigenvalue weighted by Gasteiger charge is 2.51. The standard InChI is InChI=1S/C22H34N2O11S/c1-12(25)24-19-21(34-15(4)28)20(33-14(3)27)17(11-32-13(2)26)35-22(19)31-9-6-8-23-18(30)7-10-36-16(5)29/h17,19-22H,6-11H2,1-5H3,(H,23,30)(H,24,25)/t17-,19-,20-,21-,22-/m1/s1. The molecule has 1 aliphatic rings. The van der Waals surface area contributed by atoms with E-state index in [9.17, 15) is 28.8 Å². The Morgan fingerprint density at radius 3 is 2.08 bits per heavy atom. The molecule has 0 saturated carbocycles. The van der Waals surface area contributed by atoms with Gasteiger partial charge in [-0.05, 0) is 6.42 Å². The molecule has 1 saturated heterocycles. The van der Waals surface area contributed by atoms with Crippen molar-refractivity contribution in [2.24, 2.45) is 0 Å². The van der Waals surface area contributed by atoms with Crippen molar-refractivity contribution in [3.63, 3.8) is 0 Å². The van der Waals surface area contributed by atoms with Crippen LogP contribution in [0.4, 0.5) is 0 Å². The van der Waals surface area contributed by atoms with E-state index in [0.29, 0.717) is 12.2 Å². The number of amides is 2. The minimum Gasteiger partial charge on any atom is -0.463 e. The fourth-order valence-corrected chi connectivity index (χ4v) is 3.88. The second-order valence-electron chi connectivity index (χ2n) is 7.88. The zero-order chi connectivity index (χ0) is 27.3. The molecule has 0 aromatic heterocycles. The lowest BCUT2D eigenvalue weighted by molar-refractivity contribution is -0.277. The normalized spacial score (nSPS) is 23.2. The predicted molar refractivity (Wildman–Crippen MR) is 125 cm³/mol. The van der Waals surface area contributed by atoms with Crippen molar-refractivity contribution < 1.29 is 52.5 Å². The lowest BCUT2D eigenvalue weighted by atomic mass is 9.96. The zero-order valence-corrected chi connectivity index (χ0v) is 21.8. The fraction of sp³-hybridized carbons (Fsp3) is 0.727. The number of hydrogen-bond acceptors (Lipinski definition) is 12. The summed E-state index contributed by atoms with van der Waals surface area (Å²) in [4.78, 5) is 69.5. The van der Waals surface area contributed by atoms with E-state index < -0.39 is 54.5 Å². The average molecular weight is 535 g/mol. The molecule has 2 N–H and O–H groups in total. The summed E-state index contributed by atoms with van der Waals surface area (Å²) in [6.07, 6.45) is -4.05. The van der Waals surface area contributed by atoms with Gasteiger partial charge in [-0.1, -0.05) is 11.8 Å². The van der Waals surface area contributed by atoms with Crippen LogP contribution in [-0.4, -0.2) is 91.0 Å². The molecule has 0 aromatic rings. The summed E-state index contributed by atoms with van der Waals surface area (Å²) < 4.78 is 27.4. The van der Waals surface area contributed by atoms with Gasteiger partial charge in [0.25, 0.3) is 0 Å². The molecule has 204 valence electrons. The van der Waals surface area contributed by atoms with Gasteiger partial charge in [0.05, 0.1) is 6.61 Å². The molecule has 36 heavy (non-hydrogen) atoms. The number of carbonyl (C=O) groups is 6. The highest BCUT2D eigenvalue weighted by atomic mass is 32.2. The van der Waals surface area contributed by atoms with Crippen LogP contribution in [0, 0.1) is 0 Å². The van der Waals surface area contributed by atoms with Crippen LogP contribution >= 0.6 is 11.8 Å². The molecule has 0 aliphatic carbocycles. The van der Waals surface area contributed by atoms with E-state index in [-0.39, 0.29) is 37.2 Å². The van der Waals surface area contributed by atoms with E-state index in [1.807, 2.05) is 0 Å². The van der Waals surface area contributed by atoms with E-state index >= 15 is 0 Å². The molecule has 1 aliphatic heterocycles. The Labute approximate surface area is 213 Å². The van der Waals surface area contributed by atoms with Gasteiger partial charge in [0.2, 0.25) is 11.8 Å². The van der Waals surface area contributed by atoms with E-state index in [1.54, 1.807) is 0 Å². The predicted octanol–water partition coefficient (Wildman–Crippen LogP) is -0.165. The maximum absolute atomic E-state index is 11.9. The maximum Gasteiger partial charge on any atom is 0.303 e. The Hall–Kier alpha value is -2.71. The summed E-state index contributed by atoms with van der Waals surface area (Å²) >= 11 is 1.07. The fourth-order valence-electron chi connectivity index (χ4n) is 3.31. The maximum atomic E-state index is 11.9. The van der Waals surface area contributed by atoms with E-state index in [0.717, 1.165) is 25.6 Å². The molecule has 0 bridgehead atoms. The van der Waals surface area contributed by atoms with Crippen molar-refractivity contribution >= 4 is 46.6 Å². The molecule has 13 nitrogen and oxygen atoms in total. The summed E-state index contributed by atoms with van der Waals surface area (Å²) in [5.41, 5.74) is 0. The van der Waals surface area contributed by atoms with Gasteiger partial charge in [-0.25, -0.2) is 0 Å². The molecule has 2 amide bonds. The largest absolute Gasteiger partial charge is 0.463 e. The third kappa shape index (κ3) is 12.3. The summed E-state index contributed by atoms with van der Waals surface area (Å²) in [7, 11) is 0. The molecule has 14 heteroatoms. The van der Waals surface area contributed by atoms with Gasteiger partial charge in [0.1, 0.15) is 18.8 Å². The Balaban J connectivity index is 2.89. The van der Waals surface area contributed by atoms with Gasteiger partial charge in [-0.3, -0.25) is 28.8 Å². The zero-order valence-electron chi connectivity index (χ0n) is 21.0. The van der Waals surface area contributed by atoms with Crippen molar-refractivity contribution in [2.75, 3.05) is 25.5 Å². The Morgan fingerprint density at radius 2 is 1.53 bits per heavy atom. The smallest absolute Gasteiger partial charge is 0.303 e. The molecular formula is C22H34N2O11S. The van der Waals surface area contributed by atoms with Gasteiger partial charge in [-0.15, -0.1) is 0 Å². The van der Waals surface area contributed by atoms with Crippen LogP contribution in [0.3, 0.4) is 0 Å². The first-order valence-electron chi connectivity index (χ1n) is 11.3. The molecule has 1 heterocycles. The van der Waals surface area contributed by atoms with Crippen molar-refractivity contribution in [3.8, 4) is 0 Å². The molecule has 0 radical (unpaired) electrons. The van der Waals surface area contributed by atoms with E-state index in [2.05, 4.69) is 10.6 Å². The van der Waals surface area contributed by atoms with Gasteiger partial charge in [-0.2, -0.15) is 0 Å². The van der Waals surface area contributed by atoms with Crippen LogP contribution < -0.4 is 10.6 Å². The van der Waals surface area contributed by atoms with Crippen LogP contribution in [0.1, 0.15) is 47.5 Å². The third-order valence-electron chi connectivity index (χ3n) is 4.63. The summed E-state index contributed by atoms with van der Waals surface area (Å²) in [6, 6.07) is -1.05. The first-order chi connectivity index (χ1) is 16.9. The molecular weight excluding hydrogens is 500 g/mol. The van der Waals surface area contributed by atoms with Crippen molar-refractivity contribution in [1.82, 2.24) is 10.6 Å². The SMILES string of the molecule is CC(=O)N[C@H]1[C@H](OCCCNC(=O)CCSC(C)=O)O[C@H](COC(C)=O)[C@@H](OC(C)=O)[C@@H]1OC(C)=O. The first-order valence-corrected chi connectivity index (χ1v) is 12.3. The summed E-state index contributed by atoms with van der Waals surface area (Å²) in [5.74, 6) is -2.32. The van der Waals surface area contributed by atoms with Crippen molar-refractivity contribution in [1.29, 1.82) is 0 Å². The average Bonchev–Trinajstić information content (AvgIpc) is 2.74. The minimum absolute atomic E-state index is 0.0626. The van der Waals surface area contributed by atoms with Gasteiger partial charge in [0.15, 0.2) is 23.6 Å². The highest BCUT2D eigenvalue weighted by Crippen LogP contribution is 2.28. The second-order valence-corrected chi connectivity index (χ2v) is 9.16. The van der Waals surface area contributed by atoms with Gasteiger partial charge < -0.3 is 34.3 Å². The van der Waals surface area contributed by atoms with Crippen molar-refractivity contribution in [2.45, 2.75) is 78.1 Å².